The van der Waals surface area contributed by atoms with Gasteiger partial charge in [-0.2, -0.15) is 0 Å². The maximum absolute atomic E-state index is 12.6. The third kappa shape index (κ3) is 4.55. The van der Waals surface area contributed by atoms with Crippen LogP contribution in [0.1, 0.15) is 33.3 Å². The number of sulfone groups is 1. The van der Waals surface area contributed by atoms with Crippen molar-refractivity contribution in [3.8, 4) is 0 Å². The molecule has 31 heavy (non-hydrogen) atoms. The van der Waals surface area contributed by atoms with Crippen molar-refractivity contribution in [2.75, 3.05) is 17.7 Å². The Hall–Kier alpha value is -2.97. The van der Waals surface area contributed by atoms with Crippen molar-refractivity contribution in [1.82, 2.24) is 0 Å². The molecule has 4 rings (SSSR count). The van der Waals surface area contributed by atoms with E-state index < -0.39 is 21.7 Å². The van der Waals surface area contributed by atoms with Crippen LogP contribution < -0.4 is 5.32 Å². The Morgan fingerprint density at radius 3 is 2.74 bits per heavy atom. The largest absolute Gasteiger partial charge is 0.462 e. The summed E-state index contributed by atoms with van der Waals surface area (Å²) in [6, 6.07) is 13.7. The predicted octanol–water partition coefficient (Wildman–Crippen LogP) is 4.20. The lowest BCUT2D eigenvalue weighted by Gasteiger charge is -2.13. The molecule has 0 bridgehead atoms. The zero-order chi connectivity index (χ0) is 22.0. The van der Waals surface area contributed by atoms with Crippen LogP contribution in [0, 0.1) is 0 Å². The van der Waals surface area contributed by atoms with E-state index in [0.717, 1.165) is 27.7 Å². The van der Waals surface area contributed by atoms with Gasteiger partial charge in [0.05, 0.1) is 23.7 Å². The Labute approximate surface area is 184 Å². The van der Waals surface area contributed by atoms with Gasteiger partial charge in [-0.1, -0.05) is 42.5 Å². The fourth-order valence-electron chi connectivity index (χ4n) is 3.64. The van der Waals surface area contributed by atoms with Crippen LogP contribution in [-0.2, 0) is 31.5 Å². The summed E-state index contributed by atoms with van der Waals surface area (Å²) in [4.78, 5) is 25.8. The first-order valence-electron chi connectivity index (χ1n) is 9.87. The van der Waals surface area contributed by atoms with Gasteiger partial charge in [0.1, 0.15) is 5.00 Å². The minimum absolute atomic E-state index is 0.0164. The van der Waals surface area contributed by atoms with Gasteiger partial charge in [-0.25, -0.2) is 13.2 Å². The number of benzene rings is 2. The smallest absolute Gasteiger partial charge is 0.341 e. The number of hydrogen-bond donors (Lipinski definition) is 1. The maximum atomic E-state index is 12.6. The van der Waals surface area contributed by atoms with Crippen LogP contribution in [0.4, 0.5) is 5.00 Å². The maximum Gasteiger partial charge on any atom is 0.341 e. The van der Waals surface area contributed by atoms with Crippen LogP contribution >= 0.6 is 11.3 Å². The lowest BCUT2D eigenvalue weighted by Crippen LogP contribution is -2.20. The molecule has 0 fully saturated rings. The van der Waals surface area contributed by atoms with Crippen LogP contribution in [0.5, 0.6) is 0 Å². The third-order valence-electron chi connectivity index (χ3n) is 5.06. The summed E-state index contributed by atoms with van der Waals surface area (Å²) in [6.07, 6.45) is 3.37. The number of carbonyl (C=O) groups is 2. The van der Waals surface area contributed by atoms with E-state index in [9.17, 15) is 18.0 Å². The number of fused-ring (bicyclic) bond motifs is 2. The molecule has 0 spiro atoms. The van der Waals surface area contributed by atoms with Gasteiger partial charge in [0.15, 0.2) is 9.84 Å². The molecule has 3 aromatic rings. The summed E-state index contributed by atoms with van der Waals surface area (Å²) < 4.78 is 29.2. The Balaban J connectivity index is 1.62. The number of nitrogens with one attached hydrogen (secondary N) is 1. The van der Waals surface area contributed by atoms with Gasteiger partial charge < -0.3 is 10.1 Å². The number of rotatable bonds is 5. The van der Waals surface area contributed by atoms with Crippen LogP contribution in [0.15, 0.2) is 48.5 Å². The first-order chi connectivity index (χ1) is 14.9. The number of esters is 1. The monoisotopic (exact) mass is 455 g/mol. The van der Waals surface area contributed by atoms with E-state index in [1.54, 1.807) is 13.0 Å². The zero-order valence-corrected chi connectivity index (χ0v) is 18.5. The van der Waals surface area contributed by atoms with Crippen molar-refractivity contribution in [2.45, 2.75) is 19.1 Å². The molecule has 160 valence electrons. The van der Waals surface area contributed by atoms with Crippen LogP contribution in [-0.4, -0.2) is 32.7 Å². The number of thiophene rings is 1. The average molecular weight is 456 g/mol. The van der Waals surface area contributed by atoms with Crippen molar-refractivity contribution >= 4 is 54.9 Å². The van der Waals surface area contributed by atoms with Crippen LogP contribution in [0.2, 0.25) is 0 Å². The van der Waals surface area contributed by atoms with Gasteiger partial charge in [0.2, 0.25) is 5.91 Å². The van der Waals surface area contributed by atoms with E-state index >= 15 is 0 Å². The fraction of sp³-hybridized carbons (Fsp3) is 0.217. The molecule has 0 atom stereocenters. The molecule has 6 nitrogen and oxygen atoms in total. The summed E-state index contributed by atoms with van der Waals surface area (Å²) in [5.41, 5.74) is 1.82. The zero-order valence-electron chi connectivity index (χ0n) is 16.9. The Morgan fingerprint density at radius 1 is 1.16 bits per heavy atom. The summed E-state index contributed by atoms with van der Waals surface area (Å²) in [5, 5.41) is 5.17. The summed E-state index contributed by atoms with van der Waals surface area (Å²) in [7, 11) is -3.20. The molecule has 2 aromatic carbocycles. The second kappa shape index (κ2) is 8.64. The minimum Gasteiger partial charge on any atom is -0.462 e. The van der Waals surface area contributed by atoms with E-state index in [1.165, 1.54) is 6.08 Å². The molecule has 0 unspecified atom stereocenters. The molecule has 0 aliphatic carbocycles. The molecule has 2 heterocycles. The molecule has 1 aliphatic heterocycles. The molecule has 0 radical (unpaired) electrons. The molecule has 0 saturated heterocycles. The van der Waals surface area contributed by atoms with Gasteiger partial charge in [-0.3, -0.25) is 4.79 Å². The highest BCUT2D eigenvalue weighted by molar-refractivity contribution is 7.90. The molecule has 1 aromatic heterocycles. The molecule has 1 N–H and O–H groups in total. The van der Waals surface area contributed by atoms with Crippen molar-refractivity contribution in [2.24, 2.45) is 0 Å². The van der Waals surface area contributed by atoms with E-state index in [1.807, 2.05) is 42.5 Å². The summed E-state index contributed by atoms with van der Waals surface area (Å²) >= 11 is 1.13. The highest BCUT2D eigenvalue weighted by atomic mass is 32.2. The van der Waals surface area contributed by atoms with Crippen molar-refractivity contribution in [1.29, 1.82) is 0 Å². The Morgan fingerprint density at radius 2 is 1.94 bits per heavy atom. The lowest BCUT2D eigenvalue weighted by atomic mass is 10.0. The third-order valence-corrected chi connectivity index (χ3v) is 7.94. The van der Waals surface area contributed by atoms with E-state index in [2.05, 4.69) is 5.32 Å². The number of hydrogen-bond acceptors (Lipinski definition) is 6. The fourth-order valence-corrected chi connectivity index (χ4v) is 6.69. The quantitative estimate of drug-likeness (QED) is 0.460. The summed E-state index contributed by atoms with van der Waals surface area (Å²) in [5.74, 6) is -1.09. The van der Waals surface area contributed by atoms with Crippen LogP contribution in [0.25, 0.3) is 16.8 Å². The van der Waals surface area contributed by atoms with Gasteiger partial charge >= 0.3 is 5.97 Å². The topological polar surface area (TPSA) is 89.5 Å². The average Bonchev–Trinajstić information content (AvgIpc) is 3.08. The molecule has 1 aliphatic rings. The standard InChI is InChI=1S/C23H21NO5S2/c1-2-29-23(26)21-18-12-13-31(27,28)14-19(18)30-22(21)24-20(25)11-10-16-8-5-7-15-6-3-4-9-17(15)16/h3-11H,2,12-14H2,1H3,(H,24,25)/b11-10+. The Bertz CT molecular complexity index is 1300. The van der Waals surface area contributed by atoms with Gasteiger partial charge in [-0.05, 0) is 41.3 Å². The van der Waals surface area contributed by atoms with Gasteiger partial charge in [-0.15, -0.1) is 11.3 Å². The van der Waals surface area contributed by atoms with E-state index in [0.29, 0.717) is 15.4 Å². The van der Waals surface area contributed by atoms with E-state index in [4.69, 9.17) is 4.74 Å². The van der Waals surface area contributed by atoms with Crippen molar-refractivity contribution < 1.29 is 22.7 Å². The molecular weight excluding hydrogens is 434 g/mol. The first kappa shape index (κ1) is 21.3. The minimum atomic E-state index is -3.20. The van der Waals surface area contributed by atoms with E-state index in [-0.39, 0.29) is 30.1 Å². The first-order valence-corrected chi connectivity index (χ1v) is 12.5. The van der Waals surface area contributed by atoms with Crippen molar-refractivity contribution in [3.63, 3.8) is 0 Å². The number of ether oxygens (including phenoxy) is 1. The number of carbonyl (C=O) groups excluding carboxylic acids is 2. The second-order valence-corrected chi connectivity index (χ2v) is 10.5. The predicted molar refractivity (Wildman–Crippen MR) is 123 cm³/mol. The van der Waals surface area contributed by atoms with Crippen molar-refractivity contribution in [3.05, 3.63) is 70.1 Å². The van der Waals surface area contributed by atoms with Gasteiger partial charge in [0.25, 0.3) is 0 Å². The lowest BCUT2D eigenvalue weighted by molar-refractivity contribution is -0.111. The number of anilines is 1. The number of amides is 1. The molecule has 0 saturated carbocycles. The second-order valence-electron chi connectivity index (χ2n) is 7.16. The normalized spacial score (nSPS) is 15.0. The van der Waals surface area contributed by atoms with Gasteiger partial charge in [0, 0.05) is 11.0 Å². The molecular formula is C23H21NO5S2. The molecule has 8 heteroatoms. The van der Waals surface area contributed by atoms with Crippen LogP contribution in [0.3, 0.4) is 0 Å². The molecule has 1 amide bonds. The Kier molecular flexibility index (Phi) is 5.93. The SMILES string of the molecule is CCOC(=O)c1c(NC(=O)/C=C/c2cccc3ccccc23)sc2c1CCS(=O)(=O)C2. The summed E-state index contributed by atoms with van der Waals surface area (Å²) in [6.45, 7) is 1.89. The highest BCUT2D eigenvalue weighted by Gasteiger charge is 2.31. The highest BCUT2D eigenvalue weighted by Crippen LogP contribution is 2.38.